The van der Waals surface area contributed by atoms with Crippen LogP contribution >= 0.6 is 0 Å². The van der Waals surface area contributed by atoms with Crippen molar-refractivity contribution in [2.75, 3.05) is 13.2 Å². The molecule has 30 heteroatoms. The average molecular weight is 965 g/mol. The van der Waals surface area contributed by atoms with Crippen LogP contribution in [0.3, 0.4) is 0 Å². The summed E-state index contributed by atoms with van der Waals surface area (Å²) in [6.07, 6.45) is 0. The first-order valence-electron chi connectivity index (χ1n) is 15.5. The molecule has 4 aromatic rings. The van der Waals surface area contributed by atoms with Crippen LogP contribution in [0.5, 0.6) is 23.0 Å². The standard InChI is InChI=1S/4C7H6O6S.2C2H6O/c4*8-6-2-1-4(14(11,12)13)3-5(6)7(9)10;2*1-2-3/h4*1-3,8H,(H,9,10)(H,11,12,13);2*3H,2H2,1H3. The molecule has 0 spiro atoms. The molecule has 0 aromatic heterocycles. The lowest BCUT2D eigenvalue weighted by Gasteiger charge is -2.01. The molecule has 0 aliphatic heterocycles. The Morgan fingerprint density at radius 2 is 0.500 bits per heavy atom. The molecule has 4 rings (SSSR count). The predicted octanol–water partition coefficient (Wildman–Crippen LogP) is 1.35. The van der Waals surface area contributed by atoms with Crippen molar-refractivity contribution in [1.82, 2.24) is 0 Å². The zero-order valence-corrected chi connectivity index (χ0v) is 34.4. The molecule has 0 saturated heterocycles. The molecular weight excluding hydrogens is 929 g/mol. The Kier molecular flexibility index (Phi) is 22.9. The highest BCUT2D eigenvalue weighted by molar-refractivity contribution is 7.86. The van der Waals surface area contributed by atoms with Crippen molar-refractivity contribution in [1.29, 1.82) is 0 Å². The van der Waals surface area contributed by atoms with Gasteiger partial charge in [-0.3, -0.25) is 18.2 Å². The van der Waals surface area contributed by atoms with Gasteiger partial charge in [0.25, 0.3) is 40.5 Å². The van der Waals surface area contributed by atoms with Crippen LogP contribution in [0.2, 0.25) is 0 Å². The molecule has 0 saturated carbocycles. The number of hydrogen-bond acceptors (Lipinski definition) is 18. The Bertz CT molecular complexity index is 2310. The maximum absolute atomic E-state index is 10.6. The number of benzene rings is 4. The Hall–Kier alpha value is -6.48. The van der Waals surface area contributed by atoms with Crippen LogP contribution in [0.25, 0.3) is 0 Å². The fraction of sp³-hybridized carbons (Fsp3) is 0.125. The van der Waals surface area contributed by atoms with Crippen LogP contribution in [0.1, 0.15) is 55.3 Å². The summed E-state index contributed by atoms with van der Waals surface area (Å²) in [6.45, 7) is 3.86. The number of aliphatic hydroxyl groups excluding tert-OH is 2. The monoisotopic (exact) mass is 964 g/mol. The number of carboxylic acid groups (broad SMARTS) is 4. The average Bonchev–Trinajstić information content (AvgIpc) is 3.11. The van der Waals surface area contributed by atoms with E-state index in [1.165, 1.54) is 0 Å². The molecule has 14 N–H and O–H groups in total. The molecule has 0 bridgehead atoms. The maximum atomic E-state index is 10.6. The number of phenols is 4. The molecule has 0 heterocycles. The molecule has 0 fully saturated rings. The molecule has 62 heavy (non-hydrogen) atoms. The summed E-state index contributed by atoms with van der Waals surface area (Å²) < 4.78 is 119. The topological polar surface area (TPSA) is 488 Å². The lowest BCUT2D eigenvalue weighted by molar-refractivity contribution is 0.0682. The minimum atomic E-state index is -4.45. The van der Waals surface area contributed by atoms with Gasteiger partial charge < -0.3 is 51.1 Å². The fourth-order valence-corrected chi connectivity index (χ4v) is 5.41. The van der Waals surface area contributed by atoms with Crippen molar-refractivity contribution in [2.45, 2.75) is 33.4 Å². The molecule has 26 nitrogen and oxygen atoms in total. The van der Waals surface area contributed by atoms with E-state index < -0.39 is 129 Å². The zero-order valence-electron chi connectivity index (χ0n) is 31.1. The van der Waals surface area contributed by atoms with Crippen molar-refractivity contribution < 1.29 is 122 Å². The smallest absolute Gasteiger partial charge is 0.339 e. The Labute approximate surface area is 350 Å². The minimum absolute atomic E-state index is 0.250. The van der Waals surface area contributed by atoms with Gasteiger partial charge in [0.2, 0.25) is 0 Å². The summed E-state index contributed by atoms with van der Waals surface area (Å²) in [6, 6.07) is 9.82. The largest absolute Gasteiger partial charge is 0.507 e. The van der Waals surface area contributed by atoms with Crippen LogP contribution in [0, 0.1) is 0 Å². The van der Waals surface area contributed by atoms with E-state index >= 15 is 0 Å². The summed E-state index contributed by atoms with van der Waals surface area (Å²) in [7, 11) is -17.8. The van der Waals surface area contributed by atoms with Gasteiger partial charge in [0.1, 0.15) is 45.3 Å². The predicted molar refractivity (Wildman–Crippen MR) is 205 cm³/mol. The highest BCUT2D eigenvalue weighted by Gasteiger charge is 2.19. The molecule has 0 atom stereocenters. The lowest BCUT2D eigenvalue weighted by atomic mass is 10.2. The number of carbonyl (C=O) groups is 4. The third-order valence-corrected chi connectivity index (χ3v) is 9.38. The molecule has 0 aliphatic rings. The number of aliphatic hydroxyl groups is 2. The third kappa shape index (κ3) is 20.2. The Balaban J connectivity index is 0. The van der Waals surface area contributed by atoms with Gasteiger partial charge in [-0.05, 0) is 86.6 Å². The Morgan fingerprint density at radius 1 is 0.371 bits per heavy atom. The van der Waals surface area contributed by atoms with E-state index in [0.29, 0.717) is 24.3 Å². The van der Waals surface area contributed by atoms with Gasteiger partial charge in [-0.1, -0.05) is 0 Å². The molecule has 4 aromatic carbocycles. The molecule has 0 radical (unpaired) electrons. The van der Waals surface area contributed by atoms with Gasteiger partial charge in [0.15, 0.2) is 0 Å². The van der Waals surface area contributed by atoms with Gasteiger partial charge >= 0.3 is 23.9 Å². The summed E-state index contributed by atoms with van der Waals surface area (Å²) in [5, 5.41) is 85.3. The van der Waals surface area contributed by atoms with E-state index in [0.717, 1.165) is 48.5 Å². The van der Waals surface area contributed by atoms with Crippen molar-refractivity contribution in [3.63, 3.8) is 0 Å². The lowest BCUT2D eigenvalue weighted by Crippen LogP contribution is -2.02. The first-order valence-corrected chi connectivity index (χ1v) is 21.2. The minimum Gasteiger partial charge on any atom is -0.507 e. The van der Waals surface area contributed by atoms with E-state index in [2.05, 4.69) is 0 Å². The quantitative estimate of drug-likeness (QED) is 0.111. The van der Waals surface area contributed by atoms with E-state index in [-0.39, 0.29) is 13.2 Å². The normalized spacial score (nSPS) is 10.7. The van der Waals surface area contributed by atoms with Crippen molar-refractivity contribution in [3.05, 3.63) is 95.1 Å². The first kappa shape index (κ1) is 57.6. The van der Waals surface area contributed by atoms with Crippen LogP contribution in [0.15, 0.2) is 92.4 Å². The second-order valence-electron chi connectivity index (χ2n) is 10.5. The second-order valence-corrected chi connectivity index (χ2v) is 16.2. The van der Waals surface area contributed by atoms with E-state index in [4.69, 9.17) is 69.3 Å². The van der Waals surface area contributed by atoms with E-state index in [1.807, 2.05) is 0 Å². The summed E-state index contributed by atoms with van der Waals surface area (Å²) in [5.41, 5.74) is -2.33. The number of aromatic carboxylic acids is 4. The molecule has 0 aliphatic carbocycles. The van der Waals surface area contributed by atoms with Crippen LogP contribution in [-0.4, -0.2) is 140 Å². The maximum Gasteiger partial charge on any atom is 0.339 e. The van der Waals surface area contributed by atoms with Gasteiger partial charge in [-0.25, -0.2) is 19.2 Å². The SMILES string of the molecule is CCO.CCO.O=C(O)c1cc(S(=O)(=O)O)ccc1O.O=C(O)c1cc(S(=O)(=O)O)ccc1O.O=C(O)c1cc(S(=O)(=O)O)ccc1O.O=C(O)c1cc(S(=O)(=O)O)ccc1O. The van der Waals surface area contributed by atoms with Crippen molar-refractivity contribution >= 4 is 64.3 Å². The summed E-state index contributed by atoms with van der Waals surface area (Å²) in [5.74, 6) is -8.17. The zero-order chi connectivity index (χ0) is 49.1. The van der Waals surface area contributed by atoms with Gasteiger partial charge in [0.05, 0.1) is 19.6 Å². The van der Waals surface area contributed by atoms with Crippen LogP contribution in [-0.2, 0) is 40.5 Å². The Morgan fingerprint density at radius 3 is 0.597 bits per heavy atom. The van der Waals surface area contributed by atoms with Crippen LogP contribution < -0.4 is 0 Å². The summed E-state index contributed by atoms with van der Waals surface area (Å²) >= 11 is 0. The van der Waals surface area contributed by atoms with Crippen molar-refractivity contribution in [3.8, 4) is 23.0 Å². The number of aromatic hydroxyl groups is 4. The molecule has 0 amide bonds. The van der Waals surface area contributed by atoms with Crippen molar-refractivity contribution in [2.24, 2.45) is 0 Å². The molecule has 344 valence electrons. The first-order chi connectivity index (χ1) is 28.1. The van der Waals surface area contributed by atoms with E-state index in [9.17, 15) is 52.8 Å². The van der Waals surface area contributed by atoms with E-state index in [1.54, 1.807) is 13.8 Å². The second kappa shape index (κ2) is 24.7. The highest BCUT2D eigenvalue weighted by atomic mass is 32.2. The number of hydrogen-bond donors (Lipinski definition) is 14. The van der Waals surface area contributed by atoms with Gasteiger partial charge in [-0.2, -0.15) is 33.7 Å². The summed E-state index contributed by atoms with van der Waals surface area (Å²) in [4.78, 5) is 39.6. The molecular formula is C32H36O26S4. The number of rotatable bonds is 8. The number of carboxylic acids is 4. The fourth-order valence-electron chi connectivity index (χ4n) is 3.39. The third-order valence-electron chi connectivity index (χ3n) is 5.99. The highest BCUT2D eigenvalue weighted by Crippen LogP contribution is 2.24. The van der Waals surface area contributed by atoms with Crippen LogP contribution in [0.4, 0.5) is 0 Å². The van der Waals surface area contributed by atoms with Gasteiger partial charge in [-0.15, -0.1) is 0 Å². The van der Waals surface area contributed by atoms with Gasteiger partial charge in [0, 0.05) is 13.2 Å². The molecule has 0 unspecified atom stereocenters.